The van der Waals surface area contributed by atoms with Crippen molar-refractivity contribution in [3.05, 3.63) is 35.9 Å². The van der Waals surface area contributed by atoms with Crippen LogP contribution in [0.15, 0.2) is 30.3 Å². The zero-order valence-electron chi connectivity index (χ0n) is 14.4. The van der Waals surface area contributed by atoms with E-state index in [4.69, 9.17) is 0 Å². The Labute approximate surface area is 147 Å². The summed E-state index contributed by atoms with van der Waals surface area (Å²) in [6.45, 7) is -0.172. The van der Waals surface area contributed by atoms with Crippen LogP contribution in [0.2, 0.25) is 0 Å². The predicted octanol–water partition coefficient (Wildman–Crippen LogP) is 1.75. The summed E-state index contributed by atoms with van der Waals surface area (Å²) >= 11 is 0. The fraction of sp³-hybridized carbons (Fsp3) is 0.526. The number of nitrogens with one attached hydrogen (secondary N) is 1. The Hall–Kier alpha value is -2.37. The lowest BCUT2D eigenvalue weighted by atomic mass is 9.84. The fourth-order valence-electron chi connectivity index (χ4n) is 4.07. The van der Waals surface area contributed by atoms with Crippen molar-refractivity contribution < 1.29 is 19.1 Å². The Morgan fingerprint density at radius 2 is 1.88 bits per heavy atom. The third-order valence-electron chi connectivity index (χ3n) is 5.28. The summed E-state index contributed by atoms with van der Waals surface area (Å²) < 4.78 is 4.57. The van der Waals surface area contributed by atoms with Crippen molar-refractivity contribution >= 4 is 17.8 Å². The van der Waals surface area contributed by atoms with Crippen molar-refractivity contribution in [2.75, 3.05) is 13.7 Å². The third-order valence-corrected chi connectivity index (χ3v) is 5.28. The molecule has 0 spiro atoms. The number of hydrogen-bond acceptors (Lipinski definition) is 4. The fourth-order valence-corrected chi connectivity index (χ4v) is 4.07. The Balaban J connectivity index is 1.80. The SMILES string of the molecule is COC(=O)CNC(=O)[C@@H]1C[C@@H]2CCCC[C@@H]2N1C(=O)c1ccccc1. The molecule has 0 bridgehead atoms. The van der Waals surface area contributed by atoms with Crippen molar-refractivity contribution in [3.63, 3.8) is 0 Å². The number of hydrogen-bond donors (Lipinski definition) is 1. The summed E-state index contributed by atoms with van der Waals surface area (Å²) in [6.07, 6.45) is 4.87. The summed E-state index contributed by atoms with van der Waals surface area (Å²) in [5, 5.41) is 2.61. The smallest absolute Gasteiger partial charge is 0.325 e. The molecule has 1 saturated heterocycles. The first-order valence-corrected chi connectivity index (χ1v) is 8.84. The number of fused-ring (bicyclic) bond motifs is 1. The molecule has 0 radical (unpaired) electrons. The van der Waals surface area contributed by atoms with Crippen LogP contribution in [0, 0.1) is 5.92 Å². The quantitative estimate of drug-likeness (QED) is 0.845. The number of carbonyl (C=O) groups excluding carboxylic acids is 3. The molecule has 1 N–H and O–H groups in total. The number of rotatable bonds is 4. The second-order valence-corrected chi connectivity index (χ2v) is 6.74. The molecule has 6 nitrogen and oxygen atoms in total. The van der Waals surface area contributed by atoms with E-state index in [2.05, 4.69) is 10.1 Å². The van der Waals surface area contributed by atoms with Gasteiger partial charge in [0.15, 0.2) is 0 Å². The lowest BCUT2D eigenvalue weighted by Gasteiger charge is -2.33. The highest BCUT2D eigenvalue weighted by Gasteiger charge is 2.47. The molecular weight excluding hydrogens is 320 g/mol. The van der Waals surface area contributed by atoms with Gasteiger partial charge in [-0.2, -0.15) is 0 Å². The molecule has 3 atom stereocenters. The molecule has 1 aliphatic heterocycles. The van der Waals surface area contributed by atoms with Crippen LogP contribution in [-0.4, -0.2) is 48.4 Å². The highest BCUT2D eigenvalue weighted by Crippen LogP contribution is 2.40. The van der Waals surface area contributed by atoms with Crippen LogP contribution in [0.5, 0.6) is 0 Å². The van der Waals surface area contributed by atoms with Gasteiger partial charge in [-0.3, -0.25) is 14.4 Å². The summed E-state index contributed by atoms with van der Waals surface area (Å²) in [5.41, 5.74) is 0.597. The first-order chi connectivity index (χ1) is 12.1. The maximum absolute atomic E-state index is 13.1. The molecule has 1 aromatic rings. The van der Waals surface area contributed by atoms with Gasteiger partial charge in [0.05, 0.1) is 7.11 Å². The molecule has 2 amide bonds. The van der Waals surface area contributed by atoms with E-state index in [0.717, 1.165) is 25.7 Å². The van der Waals surface area contributed by atoms with Crippen molar-refractivity contribution in [1.29, 1.82) is 0 Å². The molecule has 2 aliphatic rings. The number of amides is 2. The largest absolute Gasteiger partial charge is 0.468 e. The van der Waals surface area contributed by atoms with Gasteiger partial charge in [-0.25, -0.2) is 0 Å². The number of carbonyl (C=O) groups is 3. The van der Waals surface area contributed by atoms with Crippen molar-refractivity contribution in [1.82, 2.24) is 10.2 Å². The Morgan fingerprint density at radius 3 is 2.60 bits per heavy atom. The standard InChI is InChI=1S/C19H24N2O4/c1-25-17(22)12-20-18(23)16-11-14-9-5-6-10-15(14)21(16)19(24)13-7-3-2-4-8-13/h2-4,7-8,14-16H,5-6,9-12H2,1H3,(H,20,23)/t14-,15-,16-/m0/s1. The van der Waals surface area contributed by atoms with Crippen molar-refractivity contribution in [2.24, 2.45) is 5.92 Å². The van der Waals surface area contributed by atoms with Gasteiger partial charge in [0.25, 0.3) is 5.91 Å². The monoisotopic (exact) mass is 344 g/mol. The molecule has 6 heteroatoms. The summed E-state index contributed by atoms with van der Waals surface area (Å²) in [7, 11) is 1.28. The molecule has 0 unspecified atom stereocenters. The van der Waals surface area contributed by atoms with Crippen molar-refractivity contribution in [2.45, 2.75) is 44.2 Å². The van der Waals surface area contributed by atoms with Gasteiger partial charge in [-0.05, 0) is 37.3 Å². The van der Waals surface area contributed by atoms with Crippen molar-refractivity contribution in [3.8, 4) is 0 Å². The van der Waals surface area contributed by atoms with E-state index in [-0.39, 0.29) is 24.4 Å². The minimum absolute atomic E-state index is 0.104. The minimum atomic E-state index is -0.523. The highest BCUT2D eigenvalue weighted by atomic mass is 16.5. The molecule has 0 aromatic heterocycles. The van der Waals surface area contributed by atoms with Crippen LogP contribution < -0.4 is 5.32 Å². The number of ether oxygens (including phenoxy) is 1. The maximum atomic E-state index is 13.1. The molecule has 1 aromatic carbocycles. The molecule has 25 heavy (non-hydrogen) atoms. The van der Waals surface area contributed by atoms with Gasteiger partial charge in [-0.1, -0.05) is 31.0 Å². The highest BCUT2D eigenvalue weighted by molar-refractivity contribution is 5.98. The summed E-state index contributed by atoms with van der Waals surface area (Å²) in [4.78, 5) is 38.8. The number of methoxy groups -OCH3 is 1. The summed E-state index contributed by atoms with van der Waals surface area (Å²) in [5.74, 6) is -0.516. The number of nitrogens with zero attached hydrogens (tertiary/aromatic N) is 1. The average Bonchev–Trinajstić information content (AvgIpc) is 3.05. The summed E-state index contributed by atoms with van der Waals surface area (Å²) in [6, 6.07) is 8.66. The average molecular weight is 344 g/mol. The number of benzene rings is 1. The van der Waals surface area contributed by atoms with E-state index in [9.17, 15) is 14.4 Å². The lowest BCUT2D eigenvalue weighted by molar-refractivity contribution is -0.141. The predicted molar refractivity (Wildman–Crippen MR) is 91.8 cm³/mol. The normalized spacial score (nSPS) is 25.2. The number of esters is 1. The van der Waals surface area contributed by atoms with Gasteiger partial charge >= 0.3 is 5.97 Å². The molecule has 1 saturated carbocycles. The van der Waals surface area contributed by atoms with Crippen LogP contribution >= 0.6 is 0 Å². The molecule has 1 heterocycles. The Kier molecular flexibility index (Phi) is 5.36. The molecule has 1 aliphatic carbocycles. The van der Waals surface area contributed by atoms with Crippen LogP contribution in [-0.2, 0) is 14.3 Å². The van der Waals surface area contributed by atoms with Gasteiger partial charge in [0.1, 0.15) is 12.6 Å². The molecule has 134 valence electrons. The number of likely N-dealkylation sites (tertiary alicyclic amines) is 1. The minimum Gasteiger partial charge on any atom is -0.468 e. The van der Waals surface area contributed by atoms with Gasteiger partial charge in [0, 0.05) is 11.6 Å². The Morgan fingerprint density at radius 1 is 1.16 bits per heavy atom. The van der Waals surface area contributed by atoms with Gasteiger partial charge in [0.2, 0.25) is 5.91 Å². The van der Waals surface area contributed by atoms with Crippen LogP contribution in [0.25, 0.3) is 0 Å². The maximum Gasteiger partial charge on any atom is 0.325 e. The van der Waals surface area contributed by atoms with Gasteiger partial charge in [-0.15, -0.1) is 0 Å². The van der Waals surface area contributed by atoms with E-state index in [1.807, 2.05) is 18.2 Å². The zero-order chi connectivity index (χ0) is 17.8. The molecule has 2 fully saturated rings. The first-order valence-electron chi connectivity index (χ1n) is 8.84. The van der Waals surface area contributed by atoms with E-state index < -0.39 is 12.0 Å². The van der Waals surface area contributed by atoms with E-state index in [0.29, 0.717) is 17.9 Å². The Bertz CT molecular complexity index is 646. The second-order valence-electron chi connectivity index (χ2n) is 6.74. The zero-order valence-corrected chi connectivity index (χ0v) is 14.4. The van der Waals surface area contributed by atoms with Crippen LogP contribution in [0.1, 0.15) is 42.5 Å². The molecular formula is C19H24N2O4. The van der Waals surface area contributed by atoms with E-state index in [1.165, 1.54) is 7.11 Å². The molecule has 3 rings (SSSR count). The second kappa shape index (κ2) is 7.68. The van der Waals surface area contributed by atoms with Crippen LogP contribution in [0.4, 0.5) is 0 Å². The van der Waals surface area contributed by atoms with Gasteiger partial charge < -0.3 is 15.0 Å². The van der Waals surface area contributed by atoms with Crippen LogP contribution in [0.3, 0.4) is 0 Å². The topological polar surface area (TPSA) is 75.7 Å². The third kappa shape index (κ3) is 3.67. The first kappa shape index (κ1) is 17.5. The lowest BCUT2D eigenvalue weighted by Crippen LogP contribution is -2.50. The van der Waals surface area contributed by atoms with E-state index >= 15 is 0 Å². The van der Waals surface area contributed by atoms with E-state index in [1.54, 1.807) is 17.0 Å².